The van der Waals surface area contributed by atoms with E-state index in [0.29, 0.717) is 28.6 Å². The number of anilines is 2. The van der Waals surface area contributed by atoms with Gasteiger partial charge in [-0.2, -0.15) is 0 Å². The third kappa shape index (κ3) is 5.75. The van der Waals surface area contributed by atoms with E-state index in [1.165, 1.54) is 31.4 Å². The topological polar surface area (TPSA) is 85.6 Å². The Morgan fingerprint density at radius 3 is 2.50 bits per heavy atom. The highest BCUT2D eigenvalue weighted by atomic mass is 19.4. The SMILES string of the molecule is COCc1cc2c(cc1C(=O)O)nc(Nc1ccc(OC(F)(F)F)cc1)n2[C@H]1C[C@@H](C)CC(C)(C)C1. The Bertz CT molecular complexity index is 1250. The number of carbonyl (C=O) groups is 1. The molecule has 1 aliphatic rings. The minimum Gasteiger partial charge on any atom is -0.478 e. The molecule has 1 heterocycles. The second-order valence-electron chi connectivity index (χ2n) is 10.3. The maximum absolute atomic E-state index is 12.5. The number of halogens is 3. The number of nitrogens with one attached hydrogen (secondary N) is 1. The Balaban J connectivity index is 1.80. The van der Waals surface area contributed by atoms with E-state index in [4.69, 9.17) is 9.72 Å². The van der Waals surface area contributed by atoms with Gasteiger partial charge in [-0.05, 0) is 72.6 Å². The highest BCUT2D eigenvalue weighted by Gasteiger charge is 2.35. The number of rotatable bonds is 7. The lowest BCUT2D eigenvalue weighted by Crippen LogP contribution is -2.29. The lowest BCUT2D eigenvalue weighted by atomic mass is 9.70. The summed E-state index contributed by atoms with van der Waals surface area (Å²) in [7, 11) is 1.51. The molecule has 0 bridgehead atoms. The molecule has 0 unspecified atom stereocenters. The van der Waals surface area contributed by atoms with Crippen molar-refractivity contribution in [2.45, 2.75) is 59.0 Å². The van der Waals surface area contributed by atoms with E-state index >= 15 is 0 Å². The number of hydrogen-bond donors (Lipinski definition) is 2. The van der Waals surface area contributed by atoms with Gasteiger partial charge in [0.25, 0.3) is 0 Å². The van der Waals surface area contributed by atoms with E-state index in [9.17, 15) is 23.1 Å². The van der Waals surface area contributed by atoms with Gasteiger partial charge in [0.05, 0.1) is 23.2 Å². The number of aromatic carboxylic acids is 1. The van der Waals surface area contributed by atoms with Crippen molar-refractivity contribution in [3.05, 3.63) is 47.5 Å². The maximum atomic E-state index is 12.5. The molecule has 3 aromatic rings. The van der Waals surface area contributed by atoms with Gasteiger partial charge in [0.2, 0.25) is 5.95 Å². The van der Waals surface area contributed by atoms with Crippen molar-refractivity contribution in [2.24, 2.45) is 11.3 Å². The van der Waals surface area contributed by atoms with E-state index in [0.717, 1.165) is 24.8 Å². The van der Waals surface area contributed by atoms with Crippen LogP contribution in [-0.2, 0) is 11.3 Å². The minimum absolute atomic E-state index is 0.0927. The summed E-state index contributed by atoms with van der Waals surface area (Å²) < 4.78 is 48.9. The highest BCUT2D eigenvalue weighted by Crippen LogP contribution is 2.46. The van der Waals surface area contributed by atoms with Gasteiger partial charge in [-0.3, -0.25) is 0 Å². The zero-order chi connectivity index (χ0) is 26.3. The summed E-state index contributed by atoms with van der Waals surface area (Å²) in [5.41, 5.74) is 2.58. The number of hydrogen-bond acceptors (Lipinski definition) is 5. The summed E-state index contributed by atoms with van der Waals surface area (Å²) in [6, 6.07) is 8.88. The molecule has 1 saturated carbocycles. The van der Waals surface area contributed by atoms with E-state index in [-0.39, 0.29) is 29.4 Å². The first-order chi connectivity index (χ1) is 16.8. The summed E-state index contributed by atoms with van der Waals surface area (Å²) in [6.07, 6.45) is -1.86. The van der Waals surface area contributed by atoms with Crippen molar-refractivity contribution < 1.29 is 32.5 Å². The molecule has 0 radical (unpaired) electrons. The lowest BCUT2D eigenvalue weighted by Gasteiger charge is -2.40. The largest absolute Gasteiger partial charge is 0.573 e. The number of carboxylic acids is 1. The van der Waals surface area contributed by atoms with E-state index in [1.54, 1.807) is 6.07 Å². The van der Waals surface area contributed by atoms with Crippen molar-refractivity contribution in [3.8, 4) is 5.75 Å². The zero-order valence-corrected chi connectivity index (χ0v) is 20.6. The standard InChI is InChI=1S/C26H30F3N3O4/c1-15-9-18(13-25(2,3)12-15)32-22-10-16(14-35-4)20(23(33)34)11-21(22)31-24(32)30-17-5-7-19(8-6-17)36-26(27,28)29/h5-8,10-11,15,18H,9,12-14H2,1-4H3,(H,30,31)(H,33,34)/t15-,18+/m1/s1. The zero-order valence-electron chi connectivity index (χ0n) is 20.6. The number of carboxylic acid groups (broad SMARTS) is 1. The Morgan fingerprint density at radius 2 is 1.92 bits per heavy atom. The van der Waals surface area contributed by atoms with E-state index < -0.39 is 12.3 Å². The number of benzene rings is 2. The summed E-state index contributed by atoms with van der Waals surface area (Å²) in [5.74, 6) is -0.421. The van der Waals surface area contributed by atoms with Gasteiger partial charge in [0.1, 0.15) is 5.75 Å². The Kier molecular flexibility index (Phi) is 6.92. The van der Waals surface area contributed by atoms with Gasteiger partial charge in [-0.15, -0.1) is 13.2 Å². The fourth-order valence-corrected chi connectivity index (χ4v) is 5.48. The average molecular weight is 506 g/mol. The van der Waals surface area contributed by atoms with Gasteiger partial charge in [-0.1, -0.05) is 20.8 Å². The summed E-state index contributed by atoms with van der Waals surface area (Å²) in [4.78, 5) is 16.6. The normalized spacial score (nSPS) is 19.9. The van der Waals surface area contributed by atoms with Crippen LogP contribution in [0, 0.1) is 11.3 Å². The molecule has 0 amide bonds. The molecule has 0 aliphatic heterocycles. The molecular weight excluding hydrogens is 475 g/mol. The molecule has 10 heteroatoms. The number of methoxy groups -OCH3 is 1. The maximum Gasteiger partial charge on any atom is 0.573 e. The van der Waals surface area contributed by atoms with Crippen molar-refractivity contribution >= 4 is 28.6 Å². The van der Waals surface area contributed by atoms with Crippen LogP contribution in [0.2, 0.25) is 0 Å². The second kappa shape index (κ2) is 9.65. The van der Waals surface area contributed by atoms with Crippen molar-refractivity contribution in [3.63, 3.8) is 0 Å². The number of imidazole rings is 1. The third-order valence-electron chi connectivity index (χ3n) is 6.52. The Morgan fingerprint density at radius 1 is 1.22 bits per heavy atom. The molecule has 7 nitrogen and oxygen atoms in total. The van der Waals surface area contributed by atoms with Crippen molar-refractivity contribution in [1.82, 2.24) is 9.55 Å². The molecule has 0 saturated heterocycles. The molecule has 1 fully saturated rings. The predicted octanol–water partition coefficient (Wildman–Crippen LogP) is 6.91. The molecule has 194 valence electrons. The van der Waals surface area contributed by atoms with Crippen LogP contribution in [0.5, 0.6) is 5.75 Å². The van der Waals surface area contributed by atoms with Crippen molar-refractivity contribution in [2.75, 3.05) is 12.4 Å². The van der Waals surface area contributed by atoms with Crippen molar-refractivity contribution in [1.29, 1.82) is 0 Å². The number of aromatic nitrogens is 2. The number of nitrogens with zero attached hydrogens (tertiary/aromatic N) is 2. The summed E-state index contributed by atoms with van der Waals surface area (Å²) in [5, 5.41) is 13.0. The van der Waals surface area contributed by atoms with Crippen LogP contribution in [0.4, 0.5) is 24.8 Å². The van der Waals surface area contributed by atoms with Crippen LogP contribution >= 0.6 is 0 Å². The summed E-state index contributed by atoms with van der Waals surface area (Å²) >= 11 is 0. The van der Waals surface area contributed by atoms with Crippen LogP contribution < -0.4 is 10.1 Å². The van der Waals surface area contributed by atoms with E-state index in [1.807, 2.05) is 6.07 Å². The molecule has 2 N–H and O–H groups in total. The van der Waals surface area contributed by atoms with Gasteiger partial charge in [0.15, 0.2) is 0 Å². The number of fused-ring (bicyclic) bond motifs is 1. The summed E-state index contributed by atoms with van der Waals surface area (Å²) in [6.45, 7) is 6.83. The Labute approximate surface area is 207 Å². The molecule has 1 aromatic heterocycles. The van der Waals surface area contributed by atoms with Gasteiger partial charge >= 0.3 is 12.3 Å². The molecule has 36 heavy (non-hydrogen) atoms. The van der Waals surface area contributed by atoms with E-state index in [2.05, 4.69) is 35.4 Å². The van der Waals surface area contributed by atoms with Crippen LogP contribution in [0.25, 0.3) is 11.0 Å². The van der Waals surface area contributed by atoms with Gasteiger partial charge in [-0.25, -0.2) is 9.78 Å². The van der Waals surface area contributed by atoms with Crippen LogP contribution in [0.3, 0.4) is 0 Å². The Hall–Kier alpha value is -3.27. The molecule has 2 atom stereocenters. The first-order valence-corrected chi connectivity index (χ1v) is 11.7. The lowest BCUT2D eigenvalue weighted by molar-refractivity contribution is -0.274. The monoisotopic (exact) mass is 505 g/mol. The van der Waals surface area contributed by atoms with Gasteiger partial charge < -0.3 is 24.5 Å². The fraction of sp³-hybridized carbons (Fsp3) is 0.462. The smallest absolute Gasteiger partial charge is 0.478 e. The fourth-order valence-electron chi connectivity index (χ4n) is 5.48. The quantitative estimate of drug-likeness (QED) is 0.363. The predicted molar refractivity (Wildman–Crippen MR) is 130 cm³/mol. The molecule has 0 spiro atoms. The number of ether oxygens (including phenoxy) is 2. The minimum atomic E-state index is -4.77. The average Bonchev–Trinajstić information content (AvgIpc) is 3.09. The molecule has 4 rings (SSSR count). The molecule has 2 aromatic carbocycles. The molecular formula is C26H30F3N3O4. The molecule has 1 aliphatic carbocycles. The highest BCUT2D eigenvalue weighted by molar-refractivity contribution is 5.95. The first-order valence-electron chi connectivity index (χ1n) is 11.7. The van der Waals surface area contributed by atoms with Crippen LogP contribution in [0.1, 0.15) is 62.0 Å². The van der Waals surface area contributed by atoms with Gasteiger partial charge in [0, 0.05) is 18.8 Å². The third-order valence-corrected chi connectivity index (χ3v) is 6.52. The second-order valence-corrected chi connectivity index (χ2v) is 10.3. The van der Waals surface area contributed by atoms with Crippen LogP contribution in [-0.4, -0.2) is 34.1 Å². The first kappa shape index (κ1) is 25.8. The van der Waals surface area contributed by atoms with Crippen LogP contribution in [0.15, 0.2) is 36.4 Å². The number of alkyl halides is 3.